The van der Waals surface area contributed by atoms with Crippen LogP contribution in [0.3, 0.4) is 0 Å². The van der Waals surface area contributed by atoms with Crippen molar-refractivity contribution in [2.45, 2.75) is 29.7 Å². The van der Waals surface area contributed by atoms with Crippen LogP contribution in [0.4, 0.5) is 11.4 Å². The lowest BCUT2D eigenvalue weighted by molar-refractivity contribution is -0.122. The Morgan fingerprint density at radius 3 is 2.40 bits per heavy atom. The number of ether oxygens (including phenoxy) is 1. The molecule has 10 heteroatoms. The number of aromatic nitrogens is 1. The van der Waals surface area contributed by atoms with Crippen molar-refractivity contribution in [1.29, 1.82) is 0 Å². The number of carbonyl (C=O) groups excluding carboxylic acids is 3. The molecule has 1 fully saturated rings. The number of imide groups is 1. The zero-order chi connectivity index (χ0) is 28.0. The number of thioether (sulfide) groups is 1. The molecule has 4 aromatic rings. The summed E-state index contributed by atoms with van der Waals surface area (Å²) in [6.45, 7) is 1.73. The van der Waals surface area contributed by atoms with Gasteiger partial charge in [0.05, 0.1) is 23.7 Å². The number of para-hydroxylation sites is 1. The van der Waals surface area contributed by atoms with Crippen LogP contribution < -0.4 is 19.8 Å². The number of nitrogens with zero attached hydrogens (tertiary/aromatic N) is 2. The van der Waals surface area contributed by atoms with Crippen LogP contribution in [0.1, 0.15) is 21.9 Å². The molecule has 2 aliphatic heterocycles. The molecular weight excluding hydrogens is 546 g/mol. The maximum atomic E-state index is 13.9. The molecule has 6 rings (SSSR count). The summed E-state index contributed by atoms with van der Waals surface area (Å²) in [4.78, 5) is 55.6. The molecule has 2 aliphatic rings. The Hall–Kier alpha value is -4.15. The van der Waals surface area contributed by atoms with Crippen LogP contribution in [0.25, 0.3) is 0 Å². The summed E-state index contributed by atoms with van der Waals surface area (Å²) in [5, 5.41) is 2.66. The highest BCUT2D eigenvalue weighted by Gasteiger charge is 2.56. The van der Waals surface area contributed by atoms with Gasteiger partial charge in [-0.2, -0.15) is 0 Å². The van der Waals surface area contributed by atoms with Crippen LogP contribution >= 0.6 is 23.1 Å². The van der Waals surface area contributed by atoms with Crippen LogP contribution in [0.15, 0.2) is 88.7 Å². The van der Waals surface area contributed by atoms with Gasteiger partial charge in [-0.3, -0.25) is 23.7 Å². The fourth-order valence-corrected chi connectivity index (χ4v) is 8.10. The van der Waals surface area contributed by atoms with Crippen molar-refractivity contribution in [3.63, 3.8) is 0 Å². The molecule has 0 bridgehead atoms. The molecule has 0 radical (unpaired) electrons. The summed E-state index contributed by atoms with van der Waals surface area (Å²) < 4.78 is 6.74. The minimum Gasteiger partial charge on any atom is -0.497 e. The third-order valence-corrected chi connectivity index (χ3v) is 9.75. The number of rotatable bonds is 6. The first-order chi connectivity index (χ1) is 19.4. The number of benzene rings is 3. The number of carbonyl (C=O) groups is 3. The van der Waals surface area contributed by atoms with Gasteiger partial charge < -0.3 is 10.1 Å². The molecule has 3 aromatic carbocycles. The third-order valence-electron chi connectivity index (χ3n) is 7.14. The average molecular weight is 572 g/mol. The molecule has 1 aromatic heterocycles. The van der Waals surface area contributed by atoms with Crippen LogP contribution in [0.2, 0.25) is 0 Å². The topological polar surface area (TPSA) is 97.7 Å². The second-order valence-corrected chi connectivity index (χ2v) is 11.8. The van der Waals surface area contributed by atoms with Crippen molar-refractivity contribution in [3.8, 4) is 5.75 Å². The first-order valence-electron chi connectivity index (χ1n) is 12.7. The van der Waals surface area contributed by atoms with Gasteiger partial charge in [0.1, 0.15) is 17.5 Å². The van der Waals surface area contributed by atoms with Gasteiger partial charge in [0.25, 0.3) is 0 Å². The lowest BCUT2D eigenvalue weighted by atomic mass is 9.83. The molecule has 8 nitrogen and oxygen atoms in total. The molecule has 2 unspecified atom stereocenters. The zero-order valence-corrected chi connectivity index (χ0v) is 23.3. The van der Waals surface area contributed by atoms with Gasteiger partial charge in [0.2, 0.25) is 17.7 Å². The van der Waals surface area contributed by atoms with E-state index in [0.29, 0.717) is 27.0 Å². The highest BCUT2D eigenvalue weighted by Crippen LogP contribution is 2.54. The third kappa shape index (κ3) is 4.52. The summed E-state index contributed by atoms with van der Waals surface area (Å²) >= 11 is 2.22. The van der Waals surface area contributed by atoms with Gasteiger partial charge in [-0.05, 0) is 54.4 Å². The van der Waals surface area contributed by atoms with E-state index in [1.54, 1.807) is 49.6 Å². The lowest BCUT2D eigenvalue weighted by Crippen LogP contribution is -2.33. The Bertz CT molecular complexity index is 1680. The monoisotopic (exact) mass is 571 g/mol. The smallest absolute Gasteiger partial charge is 0.308 e. The molecule has 3 atom stereocenters. The highest BCUT2D eigenvalue weighted by atomic mass is 32.2. The van der Waals surface area contributed by atoms with E-state index >= 15 is 0 Å². The van der Waals surface area contributed by atoms with E-state index in [1.165, 1.54) is 21.2 Å². The second-order valence-electron chi connectivity index (χ2n) is 9.70. The van der Waals surface area contributed by atoms with Crippen molar-refractivity contribution in [3.05, 3.63) is 105 Å². The SMILES string of the molecule is COc1ccc([C@H]2c3sc(=O)n(CC(=O)Nc4cccc(C)c4)c3SC3C(=O)N(c4ccccc4)C(=O)C32)cc1. The maximum Gasteiger partial charge on any atom is 0.308 e. The van der Waals surface area contributed by atoms with E-state index in [-0.39, 0.29) is 29.1 Å². The first-order valence-corrected chi connectivity index (χ1v) is 14.4. The maximum absolute atomic E-state index is 13.9. The summed E-state index contributed by atoms with van der Waals surface area (Å²) in [5.41, 5.74) is 2.95. The fourth-order valence-electron chi connectivity index (χ4n) is 5.32. The number of hydrogen-bond acceptors (Lipinski definition) is 7. The van der Waals surface area contributed by atoms with Gasteiger partial charge >= 0.3 is 4.87 Å². The normalized spacial score (nSPS) is 19.8. The zero-order valence-electron chi connectivity index (χ0n) is 21.7. The minimum atomic E-state index is -0.743. The largest absolute Gasteiger partial charge is 0.497 e. The van der Waals surface area contributed by atoms with Crippen molar-refractivity contribution in [2.24, 2.45) is 5.92 Å². The number of fused-ring (bicyclic) bond motifs is 2. The minimum absolute atomic E-state index is 0.205. The Morgan fingerprint density at radius 1 is 0.950 bits per heavy atom. The molecule has 1 saturated heterocycles. The molecular formula is C30H25N3O5S2. The van der Waals surface area contributed by atoms with E-state index in [1.807, 2.05) is 43.3 Å². The van der Waals surface area contributed by atoms with Crippen molar-refractivity contribution in [1.82, 2.24) is 4.57 Å². The Kier molecular flexibility index (Phi) is 6.81. The van der Waals surface area contributed by atoms with Gasteiger partial charge in [-0.1, -0.05) is 65.6 Å². The Labute approximate surface area is 238 Å². The van der Waals surface area contributed by atoms with Crippen LogP contribution in [0.5, 0.6) is 5.75 Å². The molecule has 0 saturated carbocycles. The van der Waals surface area contributed by atoms with Crippen molar-refractivity contribution in [2.75, 3.05) is 17.3 Å². The molecule has 1 N–H and O–H groups in total. The van der Waals surface area contributed by atoms with Gasteiger partial charge in [-0.25, -0.2) is 4.90 Å². The van der Waals surface area contributed by atoms with Gasteiger partial charge in [0.15, 0.2) is 0 Å². The molecule has 0 aliphatic carbocycles. The van der Waals surface area contributed by atoms with Crippen LogP contribution in [0, 0.1) is 12.8 Å². The van der Waals surface area contributed by atoms with Gasteiger partial charge in [-0.15, -0.1) is 0 Å². The lowest BCUT2D eigenvalue weighted by Gasteiger charge is -2.30. The average Bonchev–Trinajstić information content (AvgIpc) is 3.39. The number of aryl methyl sites for hydroxylation is 1. The van der Waals surface area contributed by atoms with Crippen molar-refractivity contribution < 1.29 is 19.1 Å². The van der Waals surface area contributed by atoms with E-state index in [2.05, 4.69) is 5.32 Å². The Morgan fingerprint density at radius 2 is 1.70 bits per heavy atom. The number of nitrogens with one attached hydrogen (secondary N) is 1. The second kappa shape index (κ2) is 10.4. The first kappa shape index (κ1) is 26.1. The highest BCUT2D eigenvalue weighted by molar-refractivity contribution is 8.00. The van der Waals surface area contributed by atoms with Crippen LogP contribution in [-0.4, -0.2) is 34.6 Å². The number of thiazole rings is 1. The van der Waals surface area contributed by atoms with Crippen molar-refractivity contribution >= 4 is 52.2 Å². The fraction of sp³-hybridized carbons (Fsp3) is 0.200. The van der Waals surface area contributed by atoms with E-state index in [0.717, 1.165) is 22.5 Å². The Balaban J connectivity index is 1.41. The summed E-state index contributed by atoms with van der Waals surface area (Å²) in [5.74, 6) is -1.56. The van der Waals surface area contributed by atoms with E-state index in [4.69, 9.17) is 4.74 Å². The summed E-state index contributed by atoms with van der Waals surface area (Å²) in [6, 6.07) is 23.6. The number of hydrogen-bond donors (Lipinski definition) is 1. The molecule has 3 amide bonds. The van der Waals surface area contributed by atoms with Gasteiger partial charge in [0, 0.05) is 16.5 Å². The van der Waals surface area contributed by atoms with E-state index in [9.17, 15) is 19.2 Å². The standard InChI is InChI=1S/C30H25N3O5S2/c1-17-7-6-8-19(15-17)31-22(34)16-32-29-26(40-30(32)37)23(18-11-13-21(38-2)14-12-18)24-25(39-29)28(36)33(27(24)35)20-9-4-3-5-10-20/h3-15,23-25H,16H2,1-2H3,(H,31,34)/t23-,24?,25?/m1/s1. The molecule has 3 heterocycles. The quantitative estimate of drug-likeness (QED) is 0.338. The molecule has 202 valence electrons. The number of amides is 3. The molecule has 40 heavy (non-hydrogen) atoms. The molecule has 0 spiro atoms. The summed E-state index contributed by atoms with van der Waals surface area (Å²) in [6.07, 6.45) is 0. The predicted octanol–water partition coefficient (Wildman–Crippen LogP) is 4.66. The number of methoxy groups -OCH3 is 1. The predicted molar refractivity (Wildman–Crippen MR) is 155 cm³/mol. The summed E-state index contributed by atoms with van der Waals surface area (Å²) in [7, 11) is 1.57. The van der Waals surface area contributed by atoms with E-state index < -0.39 is 17.1 Å². The number of anilines is 2. The van der Waals surface area contributed by atoms with Crippen LogP contribution in [-0.2, 0) is 20.9 Å².